The minimum absolute atomic E-state index is 0.147. The second-order valence-electron chi connectivity index (χ2n) is 5.74. The molecule has 1 N–H and O–H groups in total. The predicted molar refractivity (Wildman–Crippen MR) is 97.3 cm³/mol. The van der Waals surface area contributed by atoms with Gasteiger partial charge in [0.2, 0.25) is 5.91 Å². The SMILES string of the molecule is CC(=O)c1ccccc1NC(=O)[C@H](C)SCc1ccc(C(F)(F)F)cc1. The van der Waals surface area contributed by atoms with Crippen molar-refractivity contribution in [2.75, 3.05) is 5.32 Å². The molecule has 3 nitrogen and oxygen atoms in total. The highest BCUT2D eigenvalue weighted by molar-refractivity contribution is 7.99. The van der Waals surface area contributed by atoms with Crippen molar-refractivity contribution in [2.24, 2.45) is 0 Å². The average Bonchev–Trinajstić information content (AvgIpc) is 2.59. The van der Waals surface area contributed by atoms with Crippen molar-refractivity contribution in [1.29, 1.82) is 0 Å². The van der Waals surface area contributed by atoms with Crippen molar-refractivity contribution in [3.8, 4) is 0 Å². The molecule has 0 heterocycles. The van der Waals surface area contributed by atoms with E-state index in [9.17, 15) is 22.8 Å². The lowest BCUT2D eigenvalue weighted by atomic mass is 10.1. The Morgan fingerprint density at radius 2 is 1.69 bits per heavy atom. The van der Waals surface area contributed by atoms with Gasteiger partial charge in [-0.3, -0.25) is 9.59 Å². The number of alkyl halides is 3. The Kier molecular flexibility index (Phi) is 6.47. The van der Waals surface area contributed by atoms with Gasteiger partial charge in [-0.15, -0.1) is 11.8 Å². The first kappa shape index (κ1) is 20.0. The number of hydrogen-bond acceptors (Lipinski definition) is 3. The summed E-state index contributed by atoms with van der Waals surface area (Å²) in [6, 6.07) is 11.6. The maximum Gasteiger partial charge on any atom is 0.416 e. The van der Waals surface area contributed by atoms with Crippen LogP contribution in [0.3, 0.4) is 0 Å². The summed E-state index contributed by atoms with van der Waals surface area (Å²) in [4.78, 5) is 23.9. The van der Waals surface area contributed by atoms with Gasteiger partial charge in [0.25, 0.3) is 0 Å². The lowest BCUT2D eigenvalue weighted by Gasteiger charge is -2.14. The van der Waals surface area contributed by atoms with E-state index in [0.29, 0.717) is 22.6 Å². The lowest BCUT2D eigenvalue weighted by molar-refractivity contribution is -0.137. The second-order valence-corrected chi connectivity index (χ2v) is 7.07. The van der Waals surface area contributed by atoms with Crippen molar-refractivity contribution in [3.05, 3.63) is 65.2 Å². The summed E-state index contributed by atoms with van der Waals surface area (Å²) in [5, 5.41) is 2.29. The normalized spacial score (nSPS) is 12.5. The maximum absolute atomic E-state index is 12.6. The Bertz CT molecular complexity index is 788. The van der Waals surface area contributed by atoms with E-state index in [2.05, 4.69) is 5.32 Å². The number of amides is 1. The van der Waals surface area contributed by atoms with Gasteiger partial charge in [-0.1, -0.05) is 24.3 Å². The van der Waals surface area contributed by atoms with Crippen LogP contribution in [0.25, 0.3) is 0 Å². The van der Waals surface area contributed by atoms with E-state index in [0.717, 1.165) is 12.1 Å². The molecule has 26 heavy (non-hydrogen) atoms. The number of nitrogens with one attached hydrogen (secondary N) is 1. The van der Waals surface area contributed by atoms with Gasteiger partial charge in [-0.25, -0.2) is 0 Å². The Morgan fingerprint density at radius 1 is 1.08 bits per heavy atom. The standard InChI is InChI=1S/C19H18F3NO2S/c1-12(24)16-5-3-4-6-17(16)23-18(25)13(2)26-11-14-7-9-15(10-8-14)19(20,21)22/h3-10,13H,11H2,1-2H3,(H,23,25)/t13-/m0/s1. The largest absolute Gasteiger partial charge is 0.416 e. The van der Waals surface area contributed by atoms with Crippen LogP contribution in [0.2, 0.25) is 0 Å². The summed E-state index contributed by atoms with van der Waals surface area (Å²) in [6.45, 7) is 3.13. The zero-order chi connectivity index (χ0) is 19.3. The fourth-order valence-corrected chi connectivity index (χ4v) is 3.07. The van der Waals surface area contributed by atoms with Gasteiger partial charge in [-0.2, -0.15) is 13.2 Å². The topological polar surface area (TPSA) is 46.2 Å². The van der Waals surface area contributed by atoms with Crippen molar-refractivity contribution < 1.29 is 22.8 Å². The Hall–Kier alpha value is -2.28. The number of carbonyl (C=O) groups excluding carboxylic acids is 2. The second kappa shape index (κ2) is 8.40. The van der Waals surface area contributed by atoms with Crippen LogP contribution in [0.15, 0.2) is 48.5 Å². The fraction of sp³-hybridized carbons (Fsp3) is 0.263. The fourth-order valence-electron chi connectivity index (χ4n) is 2.22. The van der Waals surface area contributed by atoms with E-state index in [1.165, 1.54) is 30.8 Å². The minimum Gasteiger partial charge on any atom is -0.324 e. The smallest absolute Gasteiger partial charge is 0.324 e. The van der Waals surface area contributed by atoms with E-state index in [1.54, 1.807) is 31.2 Å². The van der Waals surface area contributed by atoms with Crippen LogP contribution >= 0.6 is 11.8 Å². The van der Waals surface area contributed by atoms with Crippen LogP contribution in [-0.2, 0) is 16.7 Å². The first-order valence-electron chi connectivity index (χ1n) is 7.87. The molecule has 0 bridgehead atoms. The van der Waals surface area contributed by atoms with Gasteiger partial charge in [0.05, 0.1) is 16.5 Å². The molecule has 0 radical (unpaired) electrons. The summed E-state index contributed by atoms with van der Waals surface area (Å²) in [7, 11) is 0. The number of ketones is 1. The zero-order valence-electron chi connectivity index (χ0n) is 14.3. The van der Waals surface area contributed by atoms with Crippen LogP contribution in [0.4, 0.5) is 18.9 Å². The third kappa shape index (κ3) is 5.36. The molecule has 1 amide bonds. The molecule has 1 atom stereocenters. The van der Waals surface area contributed by atoms with E-state index >= 15 is 0 Å². The molecule has 0 aliphatic heterocycles. The summed E-state index contributed by atoms with van der Waals surface area (Å²) >= 11 is 1.31. The summed E-state index contributed by atoms with van der Waals surface area (Å²) in [5.41, 5.74) is 0.887. The van der Waals surface area contributed by atoms with Crippen LogP contribution in [0.1, 0.15) is 35.3 Å². The highest BCUT2D eigenvalue weighted by Crippen LogP contribution is 2.30. The first-order chi connectivity index (χ1) is 12.2. The third-order valence-electron chi connectivity index (χ3n) is 3.71. The number of benzene rings is 2. The number of carbonyl (C=O) groups is 2. The van der Waals surface area contributed by atoms with Crippen LogP contribution < -0.4 is 5.32 Å². The third-order valence-corrected chi connectivity index (χ3v) is 4.93. The Labute approximate surface area is 154 Å². The van der Waals surface area contributed by atoms with Gasteiger partial charge in [0, 0.05) is 11.3 Å². The van der Waals surface area contributed by atoms with E-state index in [4.69, 9.17) is 0 Å². The molecule has 0 fully saturated rings. The molecule has 0 aliphatic carbocycles. The zero-order valence-corrected chi connectivity index (χ0v) is 15.1. The number of thioether (sulfide) groups is 1. The molecule has 7 heteroatoms. The molecule has 0 saturated heterocycles. The van der Waals surface area contributed by atoms with Crippen LogP contribution in [0, 0.1) is 0 Å². The van der Waals surface area contributed by atoms with E-state index in [1.807, 2.05) is 0 Å². The Balaban J connectivity index is 1.95. The average molecular weight is 381 g/mol. The minimum atomic E-state index is -4.36. The Morgan fingerprint density at radius 3 is 2.27 bits per heavy atom. The lowest BCUT2D eigenvalue weighted by Crippen LogP contribution is -2.23. The quantitative estimate of drug-likeness (QED) is 0.703. The van der Waals surface area contributed by atoms with Gasteiger partial charge in [0.1, 0.15) is 0 Å². The maximum atomic E-state index is 12.6. The number of halogens is 3. The molecule has 0 unspecified atom stereocenters. The molecule has 2 aromatic rings. The highest BCUT2D eigenvalue weighted by atomic mass is 32.2. The van der Waals surface area contributed by atoms with Gasteiger partial charge >= 0.3 is 6.18 Å². The highest BCUT2D eigenvalue weighted by Gasteiger charge is 2.29. The molecule has 138 valence electrons. The summed E-state index contributed by atoms with van der Waals surface area (Å²) in [5.74, 6) is -0.0114. The number of Topliss-reactive ketones (excluding diaryl/α,β-unsaturated/α-hetero) is 1. The molecule has 0 aromatic heterocycles. The molecule has 0 saturated carbocycles. The van der Waals surface area contributed by atoms with Crippen molar-refractivity contribution >= 4 is 29.1 Å². The molecule has 2 rings (SSSR count). The van der Waals surface area contributed by atoms with E-state index < -0.39 is 17.0 Å². The van der Waals surface area contributed by atoms with Gasteiger partial charge < -0.3 is 5.32 Å². The summed E-state index contributed by atoms with van der Waals surface area (Å²) < 4.78 is 37.7. The predicted octanol–water partition coefficient (Wildman–Crippen LogP) is 5.17. The monoisotopic (exact) mass is 381 g/mol. The van der Waals surface area contributed by atoms with Crippen LogP contribution in [0.5, 0.6) is 0 Å². The number of rotatable bonds is 6. The van der Waals surface area contributed by atoms with Gasteiger partial charge in [-0.05, 0) is 43.7 Å². The number of hydrogen-bond donors (Lipinski definition) is 1. The van der Waals surface area contributed by atoms with Crippen molar-refractivity contribution in [2.45, 2.75) is 31.0 Å². The summed E-state index contributed by atoms with van der Waals surface area (Å²) in [6.07, 6.45) is -4.36. The van der Waals surface area contributed by atoms with E-state index in [-0.39, 0.29) is 11.7 Å². The van der Waals surface area contributed by atoms with Crippen LogP contribution in [-0.4, -0.2) is 16.9 Å². The van der Waals surface area contributed by atoms with Crippen molar-refractivity contribution in [1.82, 2.24) is 0 Å². The molecule has 0 aliphatic rings. The molecular weight excluding hydrogens is 363 g/mol. The first-order valence-corrected chi connectivity index (χ1v) is 8.92. The number of anilines is 1. The molecular formula is C19H18F3NO2S. The van der Waals surface area contributed by atoms with Crippen molar-refractivity contribution in [3.63, 3.8) is 0 Å². The molecule has 2 aromatic carbocycles. The number of para-hydroxylation sites is 1. The molecule has 0 spiro atoms. The van der Waals surface area contributed by atoms with Gasteiger partial charge in [0.15, 0.2) is 5.78 Å².